The monoisotopic (exact) mass is 265 g/mol. The topological polar surface area (TPSA) is 19.4 Å². The minimum Gasteiger partial charge on any atom is -0.298 e. The molecule has 3 rings (SSSR count). The number of rotatable bonds is 3. The summed E-state index contributed by atoms with van der Waals surface area (Å²) in [5.41, 5.74) is 3.20. The van der Waals surface area contributed by atoms with Crippen LogP contribution in [0.4, 0.5) is 0 Å². The lowest BCUT2D eigenvalue weighted by molar-refractivity contribution is 0.0233. The van der Waals surface area contributed by atoms with Crippen LogP contribution in [-0.2, 0) is 6.54 Å². The van der Waals surface area contributed by atoms with Gasteiger partial charge in [-0.15, -0.1) is 11.3 Å². The number of piperazine rings is 1. The fourth-order valence-electron chi connectivity index (χ4n) is 3.44. The van der Waals surface area contributed by atoms with Crippen LogP contribution in [0.3, 0.4) is 0 Å². The summed E-state index contributed by atoms with van der Waals surface area (Å²) in [6.45, 7) is 9.56. The van der Waals surface area contributed by atoms with Crippen molar-refractivity contribution in [3.63, 3.8) is 0 Å². The lowest BCUT2D eigenvalue weighted by Crippen LogP contribution is -2.57. The summed E-state index contributed by atoms with van der Waals surface area (Å²) in [5, 5.41) is 2.19. The molecule has 0 saturated carbocycles. The van der Waals surface area contributed by atoms with Gasteiger partial charge in [-0.3, -0.25) is 9.80 Å². The van der Waals surface area contributed by atoms with Crippen LogP contribution in [0.25, 0.3) is 0 Å². The van der Waals surface area contributed by atoms with E-state index in [0.717, 1.165) is 18.5 Å². The number of hydrogen-bond acceptors (Lipinski definition) is 4. The number of thiazole rings is 1. The van der Waals surface area contributed by atoms with Gasteiger partial charge in [0.15, 0.2) is 0 Å². The highest BCUT2D eigenvalue weighted by molar-refractivity contribution is 7.07. The van der Waals surface area contributed by atoms with E-state index >= 15 is 0 Å². The average molecular weight is 265 g/mol. The van der Waals surface area contributed by atoms with Gasteiger partial charge in [0.05, 0.1) is 11.2 Å². The molecule has 2 atom stereocenters. The van der Waals surface area contributed by atoms with Gasteiger partial charge < -0.3 is 0 Å². The minimum atomic E-state index is 0.695. The summed E-state index contributed by atoms with van der Waals surface area (Å²) in [6, 6.07) is 1.50. The van der Waals surface area contributed by atoms with E-state index < -0.39 is 0 Å². The van der Waals surface area contributed by atoms with E-state index in [-0.39, 0.29) is 0 Å². The van der Waals surface area contributed by atoms with E-state index in [1.165, 1.54) is 38.2 Å². The molecule has 2 aliphatic rings. The second-order valence-corrected chi connectivity index (χ2v) is 6.73. The highest BCUT2D eigenvalue weighted by Crippen LogP contribution is 2.28. The van der Waals surface area contributed by atoms with Crippen molar-refractivity contribution in [1.82, 2.24) is 14.8 Å². The molecule has 0 aromatic carbocycles. The van der Waals surface area contributed by atoms with Crippen LogP contribution in [0.1, 0.15) is 32.4 Å². The lowest BCUT2D eigenvalue weighted by atomic mass is 9.97. The van der Waals surface area contributed by atoms with Crippen molar-refractivity contribution < 1.29 is 0 Å². The largest absolute Gasteiger partial charge is 0.298 e. The fraction of sp³-hybridized carbons (Fsp3) is 0.786. The first-order chi connectivity index (χ1) is 8.74. The van der Waals surface area contributed by atoms with Gasteiger partial charge in [-0.25, -0.2) is 4.98 Å². The summed E-state index contributed by atoms with van der Waals surface area (Å²) in [7, 11) is 0. The van der Waals surface area contributed by atoms with Crippen LogP contribution in [0, 0.1) is 5.92 Å². The Morgan fingerprint density at radius 1 is 1.44 bits per heavy atom. The summed E-state index contributed by atoms with van der Waals surface area (Å²) < 4.78 is 0. The van der Waals surface area contributed by atoms with E-state index in [1.807, 2.05) is 5.51 Å². The molecule has 2 saturated heterocycles. The Labute approximate surface area is 114 Å². The molecule has 1 aromatic rings. The molecule has 3 nitrogen and oxygen atoms in total. The van der Waals surface area contributed by atoms with Crippen molar-refractivity contribution in [1.29, 1.82) is 0 Å². The molecule has 2 aliphatic heterocycles. The van der Waals surface area contributed by atoms with Crippen molar-refractivity contribution >= 4 is 11.3 Å². The predicted molar refractivity (Wildman–Crippen MR) is 75.7 cm³/mol. The average Bonchev–Trinajstić information content (AvgIpc) is 2.97. The maximum atomic E-state index is 4.45. The van der Waals surface area contributed by atoms with Gasteiger partial charge in [-0.05, 0) is 25.3 Å². The Kier molecular flexibility index (Phi) is 3.68. The molecular weight excluding hydrogens is 242 g/mol. The quantitative estimate of drug-likeness (QED) is 0.837. The highest BCUT2D eigenvalue weighted by atomic mass is 32.1. The molecule has 1 aromatic heterocycles. The summed E-state index contributed by atoms with van der Waals surface area (Å²) >= 11 is 1.71. The van der Waals surface area contributed by atoms with E-state index in [4.69, 9.17) is 0 Å². The minimum absolute atomic E-state index is 0.695. The predicted octanol–water partition coefficient (Wildman–Crippen LogP) is 2.45. The second kappa shape index (κ2) is 5.27. The van der Waals surface area contributed by atoms with Crippen LogP contribution in [0.15, 0.2) is 10.9 Å². The first kappa shape index (κ1) is 12.6. The van der Waals surface area contributed by atoms with Crippen LogP contribution in [0.5, 0.6) is 0 Å². The Balaban J connectivity index is 1.72. The molecule has 0 radical (unpaired) electrons. The Hall–Kier alpha value is -0.450. The van der Waals surface area contributed by atoms with Crippen LogP contribution in [0.2, 0.25) is 0 Å². The number of hydrogen-bond donors (Lipinski definition) is 0. The lowest BCUT2D eigenvalue weighted by Gasteiger charge is -2.45. The summed E-state index contributed by atoms with van der Waals surface area (Å²) in [4.78, 5) is 9.84. The van der Waals surface area contributed by atoms with Gasteiger partial charge in [0.1, 0.15) is 0 Å². The molecule has 0 bridgehead atoms. The molecule has 0 N–H and O–H groups in total. The van der Waals surface area contributed by atoms with Crippen LogP contribution >= 0.6 is 11.3 Å². The molecule has 0 amide bonds. The maximum absolute atomic E-state index is 4.45. The Morgan fingerprint density at radius 3 is 3.06 bits per heavy atom. The van der Waals surface area contributed by atoms with Crippen LogP contribution < -0.4 is 0 Å². The van der Waals surface area contributed by atoms with Gasteiger partial charge in [0.25, 0.3) is 0 Å². The first-order valence-corrected chi connectivity index (χ1v) is 8.03. The number of nitrogens with zero attached hydrogens (tertiary/aromatic N) is 3. The fourth-order valence-corrected chi connectivity index (χ4v) is 3.99. The SMILES string of the molecule is CC(C)C1CN2CCCC2CN1Cc1cscn1. The van der Waals surface area contributed by atoms with Gasteiger partial charge >= 0.3 is 0 Å². The summed E-state index contributed by atoms with van der Waals surface area (Å²) in [6.07, 6.45) is 2.78. The van der Waals surface area contributed by atoms with Crippen molar-refractivity contribution in [3.05, 3.63) is 16.6 Å². The Morgan fingerprint density at radius 2 is 2.33 bits per heavy atom. The zero-order chi connectivity index (χ0) is 12.5. The summed E-state index contributed by atoms with van der Waals surface area (Å²) in [5.74, 6) is 0.727. The van der Waals surface area contributed by atoms with E-state index in [2.05, 4.69) is 34.0 Å². The van der Waals surface area contributed by atoms with E-state index in [1.54, 1.807) is 11.3 Å². The van der Waals surface area contributed by atoms with Crippen molar-refractivity contribution in [2.75, 3.05) is 19.6 Å². The van der Waals surface area contributed by atoms with Crippen molar-refractivity contribution in [2.45, 2.75) is 45.3 Å². The van der Waals surface area contributed by atoms with Gasteiger partial charge in [0, 0.05) is 37.1 Å². The van der Waals surface area contributed by atoms with Gasteiger partial charge in [-0.1, -0.05) is 13.8 Å². The van der Waals surface area contributed by atoms with Crippen molar-refractivity contribution in [2.24, 2.45) is 5.92 Å². The molecule has 100 valence electrons. The first-order valence-electron chi connectivity index (χ1n) is 7.09. The molecule has 2 unspecified atom stereocenters. The number of aromatic nitrogens is 1. The van der Waals surface area contributed by atoms with Crippen LogP contribution in [-0.4, -0.2) is 46.5 Å². The molecule has 0 spiro atoms. The molecular formula is C14H23N3S. The smallest absolute Gasteiger partial charge is 0.0795 e. The molecule has 3 heterocycles. The molecule has 4 heteroatoms. The van der Waals surface area contributed by atoms with E-state index in [9.17, 15) is 0 Å². The molecule has 18 heavy (non-hydrogen) atoms. The van der Waals surface area contributed by atoms with Gasteiger partial charge in [-0.2, -0.15) is 0 Å². The third-order valence-electron chi connectivity index (χ3n) is 4.45. The third kappa shape index (κ3) is 2.46. The highest BCUT2D eigenvalue weighted by Gasteiger charge is 2.37. The molecule has 0 aliphatic carbocycles. The standard InChI is InChI=1S/C14H23N3S/c1-11(2)14-8-16-5-3-4-13(16)7-17(14)6-12-9-18-10-15-12/h9-11,13-14H,3-8H2,1-2H3. The normalized spacial score (nSPS) is 29.9. The zero-order valence-corrected chi connectivity index (χ0v) is 12.2. The van der Waals surface area contributed by atoms with Crippen molar-refractivity contribution in [3.8, 4) is 0 Å². The molecule has 2 fully saturated rings. The maximum Gasteiger partial charge on any atom is 0.0795 e. The zero-order valence-electron chi connectivity index (χ0n) is 11.4. The second-order valence-electron chi connectivity index (χ2n) is 6.01. The number of fused-ring (bicyclic) bond motifs is 1. The van der Waals surface area contributed by atoms with Gasteiger partial charge in [0.2, 0.25) is 0 Å². The third-order valence-corrected chi connectivity index (χ3v) is 5.09. The van der Waals surface area contributed by atoms with E-state index in [0.29, 0.717) is 6.04 Å². The Bertz CT molecular complexity index is 376.